The number of carbonyl (C=O) groups is 1. The van der Waals surface area contributed by atoms with E-state index in [2.05, 4.69) is 23.5 Å². The van der Waals surface area contributed by atoms with E-state index in [1.54, 1.807) is 7.11 Å². The van der Waals surface area contributed by atoms with Gasteiger partial charge in [0.15, 0.2) is 0 Å². The van der Waals surface area contributed by atoms with Gasteiger partial charge in [-0.25, -0.2) is 4.79 Å². The Morgan fingerprint density at radius 1 is 1.06 bits per heavy atom. The van der Waals surface area contributed by atoms with Crippen LogP contribution < -0.4 is 5.32 Å². The molecule has 1 fully saturated rings. The lowest BCUT2D eigenvalue weighted by Gasteiger charge is -2.21. The Morgan fingerprint density at radius 3 is 2.72 bits per heavy atom. The van der Waals surface area contributed by atoms with Crippen molar-refractivity contribution in [1.82, 2.24) is 5.32 Å². The largest absolute Gasteiger partial charge is 0.445 e. The maximum atomic E-state index is 12.5. The summed E-state index contributed by atoms with van der Waals surface area (Å²) in [5.41, 5.74) is 0.981. The van der Waals surface area contributed by atoms with Gasteiger partial charge in [-0.15, -0.1) is 0 Å². The van der Waals surface area contributed by atoms with Gasteiger partial charge in [0.05, 0.1) is 25.9 Å². The van der Waals surface area contributed by atoms with Crippen LogP contribution in [0.2, 0.25) is 0 Å². The number of amides is 1. The number of hydrogen-bond donors (Lipinski definition) is 1. The molecule has 32 heavy (non-hydrogen) atoms. The zero-order valence-electron chi connectivity index (χ0n) is 19.0. The second-order valence-electron chi connectivity index (χ2n) is 8.08. The maximum absolute atomic E-state index is 12.5. The Balaban J connectivity index is 1.57. The Bertz CT molecular complexity index is 842. The van der Waals surface area contributed by atoms with Crippen molar-refractivity contribution in [2.75, 3.05) is 40.3 Å². The normalized spacial score (nSPS) is 15.8. The van der Waals surface area contributed by atoms with Crippen LogP contribution >= 0.6 is 0 Å². The summed E-state index contributed by atoms with van der Waals surface area (Å²) in [5.74, 6) is 0.616. The second-order valence-corrected chi connectivity index (χ2v) is 8.08. The first-order chi connectivity index (χ1) is 15.8. The smallest absolute Gasteiger partial charge is 0.408 e. The van der Waals surface area contributed by atoms with Crippen LogP contribution in [0.3, 0.4) is 0 Å². The third-order valence-electron chi connectivity index (χ3n) is 5.74. The van der Waals surface area contributed by atoms with E-state index in [9.17, 15) is 4.79 Å². The fraction of sp³-hybridized carbons (Fsp3) is 0.500. The first-order valence-electron chi connectivity index (χ1n) is 11.5. The van der Waals surface area contributed by atoms with Crippen LogP contribution in [0.25, 0.3) is 10.8 Å². The molecule has 1 aliphatic rings. The van der Waals surface area contributed by atoms with Crippen molar-refractivity contribution in [3.8, 4) is 0 Å². The number of fused-ring (bicyclic) bond motifs is 1. The van der Waals surface area contributed by atoms with Gasteiger partial charge in [-0.1, -0.05) is 73.9 Å². The number of alkyl carbamates (subject to hydrolysis) is 1. The molecule has 0 spiro atoms. The van der Waals surface area contributed by atoms with Crippen LogP contribution in [0.15, 0.2) is 54.6 Å². The highest BCUT2D eigenvalue weighted by atomic mass is 16.7. The molecule has 174 valence electrons. The first-order valence-corrected chi connectivity index (χ1v) is 11.5. The first kappa shape index (κ1) is 24.2. The molecule has 0 bridgehead atoms. The van der Waals surface area contributed by atoms with Crippen LogP contribution in [-0.4, -0.2) is 46.4 Å². The molecule has 1 atom stereocenters. The average Bonchev–Trinajstić information content (AvgIpc) is 2.83. The molecule has 0 aliphatic heterocycles. The molecule has 0 unspecified atom stereocenters. The van der Waals surface area contributed by atoms with Crippen molar-refractivity contribution in [3.63, 3.8) is 0 Å². The van der Waals surface area contributed by atoms with Gasteiger partial charge in [0, 0.05) is 7.11 Å². The van der Waals surface area contributed by atoms with Crippen molar-refractivity contribution in [2.24, 2.45) is 5.92 Å². The minimum atomic E-state index is -0.458. The third-order valence-corrected chi connectivity index (χ3v) is 5.74. The Labute approximate surface area is 190 Å². The zero-order valence-corrected chi connectivity index (χ0v) is 19.0. The molecule has 2 aromatic rings. The number of carbonyl (C=O) groups excluding carboxylic acids is 1. The molecule has 1 N–H and O–H groups in total. The maximum Gasteiger partial charge on any atom is 0.408 e. The van der Waals surface area contributed by atoms with Gasteiger partial charge in [0.1, 0.15) is 13.4 Å². The molecule has 0 aromatic heterocycles. The highest BCUT2D eigenvalue weighted by molar-refractivity contribution is 5.86. The highest BCUT2D eigenvalue weighted by Gasteiger charge is 2.18. The van der Waals surface area contributed by atoms with Crippen molar-refractivity contribution in [3.05, 3.63) is 60.2 Å². The number of allylic oxidation sites excluding steroid dienone is 1. The predicted octanol–water partition coefficient (Wildman–Crippen LogP) is 5.38. The minimum Gasteiger partial charge on any atom is -0.445 e. The molecular formula is C26H35NO5. The SMILES string of the molecule is COCCOCOC[C@@H](NC(=O)OC/C=C/C1CCCCC1)c1cccc2ccccc12. The lowest BCUT2D eigenvalue weighted by Crippen LogP contribution is -2.32. The van der Waals surface area contributed by atoms with Crippen LogP contribution in [0.1, 0.15) is 43.7 Å². The number of methoxy groups -OCH3 is 1. The topological polar surface area (TPSA) is 66.0 Å². The van der Waals surface area contributed by atoms with Crippen LogP contribution in [-0.2, 0) is 18.9 Å². The summed E-state index contributed by atoms with van der Waals surface area (Å²) in [6.45, 7) is 1.64. The molecule has 0 heterocycles. The van der Waals surface area contributed by atoms with E-state index in [0.717, 1.165) is 16.3 Å². The summed E-state index contributed by atoms with van der Waals surface area (Å²) in [7, 11) is 1.63. The highest BCUT2D eigenvalue weighted by Crippen LogP contribution is 2.25. The monoisotopic (exact) mass is 441 g/mol. The van der Waals surface area contributed by atoms with E-state index in [-0.39, 0.29) is 26.0 Å². The van der Waals surface area contributed by atoms with Crippen LogP contribution in [0.4, 0.5) is 4.79 Å². The van der Waals surface area contributed by atoms with E-state index in [1.807, 2.05) is 36.4 Å². The lowest BCUT2D eigenvalue weighted by molar-refractivity contribution is -0.0708. The van der Waals surface area contributed by atoms with Gasteiger partial charge < -0.3 is 24.3 Å². The second kappa shape index (κ2) is 13.9. The molecule has 0 radical (unpaired) electrons. The summed E-state index contributed by atoms with van der Waals surface area (Å²) >= 11 is 0. The summed E-state index contributed by atoms with van der Waals surface area (Å²) in [5, 5.41) is 5.14. The summed E-state index contributed by atoms with van der Waals surface area (Å²) in [6, 6.07) is 13.8. The van der Waals surface area contributed by atoms with Crippen molar-refractivity contribution in [2.45, 2.75) is 38.1 Å². The van der Waals surface area contributed by atoms with Crippen molar-refractivity contribution in [1.29, 1.82) is 0 Å². The summed E-state index contributed by atoms with van der Waals surface area (Å²) < 4.78 is 21.5. The fourth-order valence-electron chi connectivity index (χ4n) is 4.07. The summed E-state index contributed by atoms with van der Waals surface area (Å²) in [4.78, 5) is 12.5. The minimum absolute atomic E-state index is 0.130. The number of benzene rings is 2. The number of hydrogen-bond acceptors (Lipinski definition) is 5. The molecule has 1 saturated carbocycles. The molecule has 1 amide bonds. The predicted molar refractivity (Wildman–Crippen MR) is 126 cm³/mol. The van der Waals surface area contributed by atoms with Gasteiger partial charge in [-0.05, 0) is 35.1 Å². The average molecular weight is 442 g/mol. The standard InChI is InChI=1S/C26H35NO5/c1-29-17-18-30-20-31-19-25(24-15-7-13-22-12-5-6-14-23(22)24)27-26(28)32-16-8-11-21-9-3-2-4-10-21/h5-8,11-15,21,25H,2-4,9-10,16-20H2,1H3,(H,27,28)/b11-8+/t25-/m1/s1. The fourth-order valence-corrected chi connectivity index (χ4v) is 4.07. The third kappa shape index (κ3) is 7.93. The van der Waals surface area contributed by atoms with E-state index >= 15 is 0 Å². The Morgan fingerprint density at radius 2 is 1.88 bits per heavy atom. The lowest BCUT2D eigenvalue weighted by atomic mass is 9.89. The molecule has 3 rings (SSSR count). The Hall–Kier alpha value is -2.41. The van der Waals surface area contributed by atoms with E-state index in [1.165, 1.54) is 32.1 Å². The van der Waals surface area contributed by atoms with E-state index in [4.69, 9.17) is 18.9 Å². The molecular weight excluding hydrogens is 406 g/mol. The van der Waals surface area contributed by atoms with Gasteiger partial charge in [0.2, 0.25) is 0 Å². The number of nitrogens with one attached hydrogen (secondary N) is 1. The molecule has 1 aliphatic carbocycles. The van der Waals surface area contributed by atoms with Gasteiger partial charge in [0.25, 0.3) is 0 Å². The molecule has 6 heteroatoms. The molecule has 2 aromatic carbocycles. The van der Waals surface area contributed by atoms with Crippen LogP contribution in [0.5, 0.6) is 0 Å². The molecule has 0 saturated heterocycles. The van der Waals surface area contributed by atoms with Gasteiger partial charge >= 0.3 is 6.09 Å². The van der Waals surface area contributed by atoms with Gasteiger partial charge in [-0.2, -0.15) is 0 Å². The zero-order chi connectivity index (χ0) is 22.4. The van der Waals surface area contributed by atoms with Crippen LogP contribution in [0, 0.1) is 5.92 Å². The van der Waals surface area contributed by atoms with E-state index < -0.39 is 6.09 Å². The summed E-state index contributed by atoms with van der Waals surface area (Å²) in [6.07, 6.45) is 10.1. The van der Waals surface area contributed by atoms with Crippen molar-refractivity contribution >= 4 is 16.9 Å². The number of rotatable bonds is 12. The number of ether oxygens (including phenoxy) is 4. The quantitative estimate of drug-likeness (QED) is 0.272. The van der Waals surface area contributed by atoms with Gasteiger partial charge in [-0.3, -0.25) is 0 Å². The molecule has 6 nitrogen and oxygen atoms in total. The van der Waals surface area contributed by atoms with E-state index in [0.29, 0.717) is 19.1 Å². The van der Waals surface area contributed by atoms with Crippen molar-refractivity contribution < 1.29 is 23.7 Å². The Kier molecular flexibility index (Phi) is 10.5.